The summed E-state index contributed by atoms with van der Waals surface area (Å²) in [4.78, 5) is 262. The van der Waals surface area contributed by atoms with Gasteiger partial charge in [-0.15, -0.1) is 11.8 Å². The molecule has 1 aromatic heterocycles. The molecule has 0 aliphatic carbocycles. The average Bonchev–Trinajstić information content (AvgIpc) is 0.839. The quantitative estimate of drug-likeness (QED) is 0.0272. The van der Waals surface area contributed by atoms with E-state index in [1.807, 2.05) is 30.3 Å². The van der Waals surface area contributed by atoms with E-state index in [9.17, 15) is 77.3 Å². The summed E-state index contributed by atoms with van der Waals surface area (Å²) >= 11 is 0.694. The van der Waals surface area contributed by atoms with Gasteiger partial charge in [-0.1, -0.05) is 140 Å². The number of primary amides is 2. The van der Waals surface area contributed by atoms with Gasteiger partial charge in [0, 0.05) is 51.1 Å². The van der Waals surface area contributed by atoms with Gasteiger partial charge in [0.2, 0.25) is 94.5 Å². The summed E-state index contributed by atoms with van der Waals surface area (Å²) in [5.41, 5.74) is 26.9. The standard InChI is InChI=1S/C89H131N21O20S/c1-46(2)37-62-78(119)99-60(30-33-90)77(118)102-63(38-47(3)4)81(122)108-72(49(7)8)86(127)109-73(53(12)111)87(128)106-68(84(125)96-51(10)74(92)115)44-131-45-69(112)97-67(43-91)83(124)98-59(29-26-54-31-35-94-36-32-54)76(117)104-66(42-70(113)114)80(121)103-65(41-56-20-17-19-50(9)39-56)82(123)107-71(48(5)6)85(126)105-64(40-55-24-27-58(28-25-55)57-21-15-14-16-22-57)79(120)100-61(23-18-34-95-89(93)130)88(129)110(13)52(11)75(116)101-62/h14-17,19-22,24-25,27-28,31-32,35-36,39,46-49,51-53,59-68,71-73,111H,18,23,26,29-30,33-34,37-38,40-45,90-91H2,1-13H3,(H2,92,115)(H,96,125)(H,97,112)(H,98,124)(H,99,119)(H,100,120)(H,101,116)(H,102,118)(H,103,121)(H,104,117)(H,105,126)(H,106,128)(H,107,123)(H,108,122)(H,109,127)(H,113,114)(H3,93,95,130)/t51-,52-,53+,59-,60-,61-,62+,63-,64-,65-,66-,67-,68-,71-,72-,73-/m0/s1. The number of nitrogens with one attached hydrogen (secondary N) is 15. The van der Waals surface area contributed by atoms with Crippen LogP contribution in [0.25, 0.3) is 11.1 Å². The van der Waals surface area contributed by atoms with Gasteiger partial charge in [0.1, 0.15) is 90.6 Å². The van der Waals surface area contributed by atoms with Gasteiger partial charge in [0.05, 0.1) is 18.3 Å². The van der Waals surface area contributed by atoms with Crippen LogP contribution >= 0.6 is 11.8 Å². The molecule has 25 N–H and O–H groups in total. The average molecular weight is 1850 g/mol. The van der Waals surface area contributed by atoms with Crippen LogP contribution in [-0.2, 0) is 101 Å². The molecule has 1 aliphatic heterocycles. The maximum atomic E-state index is 15.4. The maximum Gasteiger partial charge on any atom is 0.312 e. The number of aryl methyl sites for hydroxylation is 2. The van der Waals surface area contributed by atoms with Crippen molar-refractivity contribution >= 4 is 118 Å². The van der Waals surface area contributed by atoms with Crippen molar-refractivity contribution in [1.82, 2.24) is 89.6 Å². The molecule has 0 spiro atoms. The molecule has 18 amide bonds. The number of urea groups is 1. The topological polar surface area (TPSA) is 648 Å². The summed E-state index contributed by atoms with van der Waals surface area (Å²) in [6.45, 7) is 17.7. The van der Waals surface area contributed by atoms with Crippen LogP contribution in [0, 0.1) is 30.6 Å². The fourth-order valence-electron chi connectivity index (χ4n) is 13.9. The highest BCUT2D eigenvalue weighted by atomic mass is 32.2. The van der Waals surface area contributed by atoms with E-state index in [0.717, 1.165) is 23.0 Å². The van der Waals surface area contributed by atoms with Crippen LogP contribution in [0.3, 0.4) is 0 Å². The Hall–Kier alpha value is -12.7. The monoisotopic (exact) mass is 1850 g/mol. The van der Waals surface area contributed by atoms with Crippen molar-refractivity contribution in [2.75, 3.05) is 38.2 Å². The Morgan fingerprint density at radius 2 is 0.962 bits per heavy atom. The molecule has 5 rings (SSSR count). The zero-order chi connectivity index (χ0) is 97.6. The Kier molecular flexibility index (Phi) is 44.9. The largest absolute Gasteiger partial charge is 0.481 e. The highest BCUT2D eigenvalue weighted by Gasteiger charge is 2.41. The lowest BCUT2D eigenvalue weighted by Crippen LogP contribution is -2.63. The Bertz CT molecular complexity index is 4590. The van der Waals surface area contributed by atoms with E-state index in [0.29, 0.717) is 34.0 Å². The van der Waals surface area contributed by atoms with Crippen molar-refractivity contribution in [3.8, 4) is 11.1 Å². The molecule has 4 aromatic rings. The van der Waals surface area contributed by atoms with Gasteiger partial charge in [-0.05, 0) is 143 Å². The Balaban J connectivity index is 1.67. The lowest BCUT2D eigenvalue weighted by molar-refractivity contribution is -0.143. The number of hydrogen-bond acceptors (Lipinski definition) is 23. The van der Waals surface area contributed by atoms with Gasteiger partial charge in [0.25, 0.3) is 0 Å². The fraction of sp³-hybridized carbons (Fsp3) is 0.539. The van der Waals surface area contributed by atoms with E-state index in [4.69, 9.17) is 22.9 Å². The Morgan fingerprint density at radius 1 is 0.496 bits per heavy atom. The Labute approximate surface area is 766 Å². The molecule has 718 valence electrons. The molecule has 0 unspecified atom stereocenters. The van der Waals surface area contributed by atoms with Gasteiger partial charge in [0.15, 0.2) is 0 Å². The minimum absolute atomic E-state index is 0.0206. The van der Waals surface area contributed by atoms with Crippen LogP contribution in [0.5, 0.6) is 0 Å². The number of hydrogen-bond donors (Lipinski definition) is 21. The zero-order valence-electron chi connectivity index (χ0n) is 76.3. The number of carboxylic acids is 1. The molecule has 0 bridgehead atoms. The van der Waals surface area contributed by atoms with Crippen molar-refractivity contribution in [2.24, 2.45) is 46.6 Å². The summed E-state index contributed by atoms with van der Waals surface area (Å²) in [6.07, 6.45) is -1.37. The summed E-state index contributed by atoms with van der Waals surface area (Å²) < 4.78 is 0. The number of rotatable bonds is 27. The molecule has 0 saturated carbocycles. The minimum atomic E-state index is -2.02. The molecular formula is C89H131N21O20S. The number of thioether (sulfide) groups is 1. The van der Waals surface area contributed by atoms with Crippen molar-refractivity contribution in [3.05, 3.63) is 126 Å². The van der Waals surface area contributed by atoms with Crippen LogP contribution in [-0.4, -0.2) is 262 Å². The summed E-state index contributed by atoms with van der Waals surface area (Å²) in [6, 6.07) is 1.37. The van der Waals surface area contributed by atoms with E-state index in [1.165, 1.54) is 47.1 Å². The van der Waals surface area contributed by atoms with Crippen LogP contribution in [0.2, 0.25) is 0 Å². The SMILES string of the molecule is Cc1cccc(C[C@@H]2NC(=O)[C@H](CC(=O)O)NC(=O)[C@H](CCc3ccncc3)NC(=O)[C@H](CN)NC(=O)CSC[C@@H](C(=O)N[C@@H](C)C(N)=O)NC(=O)[C@H]([C@@H](C)O)NC(=O)[C@H](C(C)C)NC(=O)[C@H](CC(C)C)NC(=O)[C@H](CCN)NC(=O)[C@@H](CC(C)C)NC(=O)[C@H](C)N(C)C(=O)[C@H](CCCNC(N)=O)NC(=O)[C@H](Cc3ccc(-c4ccccc4)cc3)NC(=O)[C@H](C(C)C)NC2=O)c1. The van der Waals surface area contributed by atoms with E-state index < -0.39 is 240 Å². The first-order valence-electron chi connectivity index (χ1n) is 43.6. The predicted octanol–water partition coefficient (Wildman–Crippen LogP) is -2.62. The third kappa shape index (κ3) is 36.6. The van der Waals surface area contributed by atoms with Crippen molar-refractivity contribution in [1.29, 1.82) is 0 Å². The molecule has 41 nitrogen and oxygen atoms in total. The first-order chi connectivity index (χ1) is 61.8. The molecule has 131 heavy (non-hydrogen) atoms. The molecule has 42 heteroatoms. The molecule has 1 aliphatic rings. The number of aliphatic hydroxyl groups excluding tert-OH is 1. The lowest BCUT2D eigenvalue weighted by Gasteiger charge is -2.32. The molecule has 0 radical (unpaired) electrons. The number of pyridine rings is 1. The molecule has 1 saturated heterocycles. The third-order valence-electron chi connectivity index (χ3n) is 21.4. The lowest BCUT2D eigenvalue weighted by atomic mass is 9.97. The van der Waals surface area contributed by atoms with Gasteiger partial charge in [-0.2, -0.15) is 0 Å². The highest BCUT2D eigenvalue weighted by molar-refractivity contribution is 8.00. The zero-order valence-corrected chi connectivity index (χ0v) is 77.1. The highest BCUT2D eigenvalue weighted by Crippen LogP contribution is 2.22. The second kappa shape index (κ2) is 54.1. The number of aromatic nitrogens is 1. The number of carbonyl (C=O) groups is 18. The first-order valence-corrected chi connectivity index (χ1v) is 44.8. The first kappa shape index (κ1) is 109. The summed E-state index contributed by atoms with van der Waals surface area (Å²) in [7, 11) is 1.25. The summed E-state index contributed by atoms with van der Waals surface area (Å²) in [5.74, 6) is -21.1. The number of nitrogens with zero attached hydrogens (tertiary/aromatic N) is 2. The maximum absolute atomic E-state index is 15.4. The second-order valence-electron chi connectivity index (χ2n) is 34.1. The minimum Gasteiger partial charge on any atom is -0.481 e. The number of carboxylic acid groups (broad SMARTS) is 1. The molecular weight excluding hydrogens is 1720 g/mol. The molecule has 3 aromatic carbocycles. The van der Waals surface area contributed by atoms with E-state index >= 15 is 19.2 Å². The van der Waals surface area contributed by atoms with E-state index in [1.54, 1.807) is 109 Å². The molecule has 16 atom stereocenters. The van der Waals surface area contributed by atoms with E-state index in [-0.39, 0.29) is 82.7 Å². The third-order valence-corrected chi connectivity index (χ3v) is 22.5. The molecule has 1 fully saturated rings. The van der Waals surface area contributed by atoms with Gasteiger partial charge in [-0.3, -0.25) is 86.5 Å². The Morgan fingerprint density at radius 3 is 1.50 bits per heavy atom. The van der Waals surface area contributed by atoms with Gasteiger partial charge < -0.3 is 118 Å². The number of carbonyl (C=O) groups excluding carboxylic acids is 17. The van der Waals surface area contributed by atoms with Crippen LogP contribution < -0.4 is 103 Å². The van der Waals surface area contributed by atoms with Crippen molar-refractivity contribution in [3.63, 3.8) is 0 Å². The normalized spacial score (nSPS) is 23.9. The van der Waals surface area contributed by atoms with Crippen LogP contribution in [0.1, 0.15) is 143 Å². The second-order valence-corrected chi connectivity index (χ2v) is 35.1. The van der Waals surface area contributed by atoms with Crippen LogP contribution in [0.15, 0.2) is 103 Å². The number of aliphatic carboxylic acids is 1. The number of likely N-dealkylation sites (N-methyl/N-ethyl adjacent to an activating group) is 1. The predicted molar refractivity (Wildman–Crippen MR) is 487 cm³/mol. The number of benzene rings is 3. The smallest absolute Gasteiger partial charge is 0.312 e. The van der Waals surface area contributed by atoms with Gasteiger partial charge >= 0.3 is 12.0 Å². The van der Waals surface area contributed by atoms with E-state index in [2.05, 4.69) is 84.7 Å². The molecule has 2 heterocycles. The van der Waals surface area contributed by atoms with Crippen LogP contribution in [0.4, 0.5) is 4.79 Å². The number of nitrogens with two attached hydrogens (primary N) is 4. The van der Waals surface area contributed by atoms with Crippen molar-refractivity contribution in [2.45, 2.75) is 244 Å². The van der Waals surface area contributed by atoms with Crippen molar-refractivity contribution < 1.29 is 96.5 Å². The summed E-state index contributed by atoms with van der Waals surface area (Å²) in [5, 5.41) is 59.9. The number of aliphatic hydroxyl groups is 1. The fourth-order valence-corrected chi connectivity index (χ4v) is 14.8. The van der Waals surface area contributed by atoms with Gasteiger partial charge in [-0.25, -0.2) is 4.79 Å². The number of amides is 18.